The van der Waals surface area contributed by atoms with E-state index in [0.29, 0.717) is 11.1 Å². The molecule has 3 N–H and O–H groups in total. The van der Waals surface area contributed by atoms with E-state index < -0.39 is 50.0 Å². The van der Waals surface area contributed by atoms with Gasteiger partial charge < -0.3 is 29.1 Å². The van der Waals surface area contributed by atoms with Crippen LogP contribution in [0.15, 0.2) is 60.0 Å². The Morgan fingerprint density at radius 1 is 0.938 bits per heavy atom. The molecule has 1 aliphatic heterocycles. The summed E-state index contributed by atoms with van der Waals surface area (Å²) in [5.41, 5.74) is 1.02. The molecule has 2 aromatic carbocycles. The maximum Gasteiger partial charge on any atom is 0.470 e. The monoisotopic (exact) mass is 472 g/mol. The van der Waals surface area contributed by atoms with Crippen molar-refractivity contribution in [1.29, 1.82) is 0 Å². The van der Waals surface area contributed by atoms with E-state index in [2.05, 4.69) is 4.52 Å². The van der Waals surface area contributed by atoms with Gasteiger partial charge in [0.25, 0.3) is 0 Å². The standard InChI is InChI=1S/C20H19F2O9P/c21-14-5-1-12(2-6-14)10-28-18-17(16(9-23)31-32(25,26)27)30-20(24)19(18)29-11-13-3-7-15(22)8-4-13/h1-8,16-17,23H,9-11H2,(H2,25,26,27)/t16-,17+/m0/s1. The second-order valence-electron chi connectivity index (χ2n) is 6.67. The number of rotatable bonds is 10. The van der Waals surface area contributed by atoms with Crippen LogP contribution in [0, 0.1) is 11.6 Å². The van der Waals surface area contributed by atoms with Crippen LogP contribution in [0.3, 0.4) is 0 Å². The third kappa shape index (κ3) is 6.35. The molecule has 0 aliphatic carbocycles. The minimum absolute atomic E-state index is 0.177. The number of aliphatic hydroxyl groups is 1. The molecule has 0 bridgehead atoms. The highest BCUT2D eigenvalue weighted by Gasteiger charge is 2.45. The number of hydrogen-bond acceptors (Lipinski definition) is 7. The van der Waals surface area contributed by atoms with Crippen molar-refractivity contribution in [2.75, 3.05) is 6.61 Å². The SMILES string of the molecule is O=C1O[C@H]([C@H](CO)OP(=O)(O)O)C(OCc2ccc(F)cc2)=C1OCc1ccc(F)cc1. The molecule has 0 radical (unpaired) electrons. The van der Waals surface area contributed by atoms with E-state index in [1.165, 1.54) is 48.5 Å². The number of carbonyl (C=O) groups is 1. The molecular weight excluding hydrogens is 453 g/mol. The van der Waals surface area contributed by atoms with Crippen LogP contribution < -0.4 is 0 Å². The number of halogens is 2. The number of cyclic esters (lactones) is 1. The van der Waals surface area contributed by atoms with Crippen LogP contribution in [-0.4, -0.2) is 39.7 Å². The zero-order chi connectivity index (χ0) is 23.3. The average molecular weight is 472 g/mol. The van der Waals surface area contributed by atoms with Crippen LogP contribution in [0.1, 0.15) is 11.1 Å². The molecule has 0 saturated heterocycles. The van der Waals surface area contributed by atoms with Gasteiger partial charge in [0, 0.05) is 0 Å². The zero-order valence-corrected chi connectivity index (χ0v) is 17.3. The fourth-order valence-corrected chi connectivity index (χ4v) is 3.34. The maximum absolute atomic E-state index is 13.1. The number of carbonyl (C=O) groups excluding carboxylic acids is 1. The molecule has 12 heteroatoms. The van der Waals surface area contributed by atoms with Crippen molar-refractivity contribution < 1.29 is 51.8 Å². The van der Waals surface area contributed by atoms with Gasteiger partial charge in [0.1, 0.15) is 31.0 Å². The summed E-state index contributed by atoms with van der Waals surface area (Å²) >= 11 is 0. The Morgan fingerprint density at radius 2 is 1.44 bits per heavy atom. The molecule has 0 fully saturated rings. The van der Waals surface area contributed by atoms with Crippen LogP contribution in [0.2, 0.25) is 0 Å². The van der Waals surface area contributed by atoms with Gasteiger partial charge in [-0.3, -0.25) is 4.52 Å². The summed E-state index contributed by atoms with van der Waals surface area (Å²) in [5.74, 6) is -2.62. The fraction of sp³-hybridized carbons (Fsp3) is 0.250. The van der Waals surface area contributed by atoms with Gasteiger partial charge in [-0.2, -0.15) is 0 Å². The lowest BCUT2D eigenvalue weighted by Crippen LogP contribution is -2.34. The van der Waals surface area contributed by atoms with Gasteiger partial charge in [-0.25, -0.2) is 18.1 Å². The lowest BCUT2D eigenvalue weighted by Gasteiger charge is -2.23. The lowest BCUT2D eigenvalue weighted by atomic mass is 10.1. The molecule has 0 spiro atoms. The Bertz CT molecular complexity index is 1020. The summed E-state index contributed by atoms with van der Waals surface area (Å²) in [6.07, 6.45) is -3.18. The summed E-state index contributed by atoms with van der Waals surface area (Å²) in [4.78, 5) is 30.6. The molecule has 0 unspecified atom stereocenters. The predicted octanol–water partition coefficient (Wildman–Crippen LogP) is 2.31. The molecule has 172 valence electrons. The lowest BCUT2D eigenvalue weighted by molar-refractivity contribution is -0.148. The van der Waals surface area contributed by atoms with E-state index in [9.17, 15) is 23.2 Å². The number of esters is 1. The number of ether oxygens (including phenoxy) is 3. The van der Waals surface area contributed by atoms with Gasteiger partial charge in [0.2, 0.25) is 5.76 Å². The summed E-state index contributed by atoms with van der Waals surface area (Å²) in [6, 6.07) is 10.5. The molecule has 0 aromatic heterocycles. The van der Waals surface area contributed by atoms with E-state index in [4.69, 9.17) is 24.0 Å². The third-order valence-electron chi connectivity index (χ3n) is 4.30. The van der Waals surface area contributed by atoms with E-state index in [-0.39, 0.29) is 19.0 Å². The van der Waals surface area contributed by atoms with Crippen molar-refractivity contribution >= 4 is 13.8 Å². The van der Waals surface area contributed by atoms with Crippen LogP contribution in [-0.2, 0) is 41.3 Å². The highest BCUT2D eigenvalue weighted by molar-refractivity contribution is 7.46. The van der Waals surface area contributed by atoms with E-state index in [0.717, 1.165) is 0 Å². The van der Waals surface area contributed by atoms with Crippen LogP contribution >= 0.6 is 7.82 Å². The van der Waals surface area contributed by atoms with Gasteiger partial charge in [0.05, 0.1) is 6.61 Å². The van der Waals surface area contributed by atoms with E-state index >= 15 is 0 Å². The third-order valence-corrected chi connectivity index (χ3v) is 4.84. The molecular formula is C20H19F2O9P. The van der Waals surface area contributed by atoms with Crippen molar-refractivity contribution in [2.24, 2.45) is 0 Å². The van der Waals surface area contributed by atoms with E-state index in [1.807, 2.05) is 0 Å². The molecule has 1 heterocycles. The highest BCUT2D eigenvalue weighted by atomic mass is 31.2. The highest BCUT2D eigenvalue weighted by Crippen LogP contribution is 2.41. The second-order valence-corrected chi connectivity index (χ2v) is 7.86. The van der Waals surface area contributed by atoms with Crippen molar-refractivity contribution in [3.8, 4) is 0 Å². The molecule has 2 atom stereocenters. The number of phosphoric ester groups is 1. The van der Waals surface area contributed by atoms with Crippen LogP contribution in [0.25, 0.3) is 0 Å². The largest absolute Gasteiger partial charge is 0.485 e. The van der Waals surface area contributed by atoms with Crippen molar-refractivity contribution in [1.82, 2.24) is 0 Å². The first kappa shape index (κ1) is 23.8. The quantitative estimate of drug-likeness (QED) is 0.352. The minimum atomic E-state index is -5.05. The molecule has 0 amide bonds. The van der Waals surface area contributed by atoms with Crippen molar-refractivity contribution in [3.63, 3.8) is 0 Å². The summed E-state index contributed by atoms with van der Waals surface area (Å²) < 4.78 is 58.2. The summed E-state index contributed by atoms with van der Waals surface area (Å²) in [6.45, 7) is -1.28. The Labute approximate surface area is 181 Å². The molecule has 0 saturated carbocycles. The molecule has 9 nitrogen and oxygen atoms in total. The van der Waals surface area contributed by atoms with Gasteiger partial charge in [-0.15, -0.1) is 0 Å². The Kier molecular flexibility index (Phi) is 7.60. The van der Waals surface area contributed by atoms with Gasteiger partial charge in [-0.1, -0.05) is 24.3 Å². The van der Waals surface area contributed by atoms with Crippen LogP contribution in [0.5, 0.6) is 0 Å². The number of hydrogen-bond donors (Lipinski definition) is 3. The first-order valence-electron chi connectivity index (χ1n) is 9.20. The zero-order valence-electron chi connectivity index (χ0n) is 16.4. The molecule has 2 aromatic rings. The normalized spacial score (nSPS) is 17.3. The number of aliphatic hydroxyl groups excluding tert-OH is 1. The summed E-state index contributed by atoms with van der Waals surface area (Å²) in [5, 5.41) is 9.53. The Morgan fingerprint density at radius 3 is 1.91 bits per heavy atom. The van der Waals surface area contributed by atoms with Crippen LogP contribution in [0.4, 0.5) is 8.78 Å². The van der Waals surface area contributed by atoms with Gasteiger partial charge in [-0.05, 0) is 35.4 Å². The minimum Gasteiger partial charge on any atom is -0.485 e. The first-order valence-corrected chi connectivity index (χ1v) is 10.7. The van der Waals surface area contributed by atoms with E-state index in [1.54, 1.807) is 0 Å². The predicted molar refractivity (Wildman–Crippen MR) is 103 cm³/mol. The number of phosphoric acid groups is 1. The van der Waals surface area contributed by atoms with Gasteiger partial charge in [0.15, 0.2) is 11.9 Å². The smallest absolute Gasteiger partial charge is 0.470 e. The van der Waals surface area contributed by atoms with Gasteiger partial charge >= 0.3 is 13.8 Å². The Hall–Kier alpha value is -2.82. The molecule has 1 aliphatic rings. The number of benzene rings is 2. The first-order chi connectivity index (χ1) is 15.2. The van der Waals surface area contributed by atoms with Crippen molar-refractivity contribution in [2.45, 2.75) is 25.4 Å². The van der Waals surface area contributed by atoms with Crippen molar-refractivity contribution in [3.05, 3.63) is 82.8 Å². The molecule has 3 rings (SSSR count). The average Bonchev–Trinajstić information content (AvgIpc) is 3.05. The maximum atomic E-state index is 13.1. The second kappa shape index (κ2) is 10.2. The summed E-state index contributed by atoms with van der Waals surface area (Å²) in [7, 11) is -5.05. The molecule has 32 heavy (non-hydrogen) atoms. The fourth-order valence-electron chi connectivity index (χ4n) is 2.81. The topological polar surface area (TPSA) is 132 Å². The Balaban J connectivity index is 1.86.